The van der Waals surface area contributed by atoms with Crippen LogP contribution in [0.5, 0.6) is 0 Å². The zero-order chi connectivity index (χ0) is 10.1. The summed E-state index contributed by atoms with van der Waals surface area (Å²) in [6.07, 6.45) is -0.112. The van der Waals surface area contributed by atoms with E-state index in [2.05, 4.69) is 0 Å². The minimum absolute atomic E-state index is 0.0273. The fourth-order valence-corrected chi connectivity index (χ4v) is 1.63. The number of cyclic esters (lactones) is 1. The summed E-state index contributed by atoms with van der Waals surface area (Å²) >= 11 is 0. The zero-order valence-corrected chi connectivity index (χ0v) is 7.82. The number of benzene rings is 1. The van der Waals surface area contributed by atoms with Crippen molar-refractivity contribution in [1.29, 1.82) is 0 Å². The largest absolute Gasteiger partial charge is 0.453 e. The van der Waals surface area contributed by atoms with E-state index in [1.807, 2.05) is 12.1 Å². The molecular formula is C11H10O3. The van der Waals surface area contributed by atoms with E-state index in [0.717, 1.165) is 5.56 Å². The van der Waals surface area contributed by atoms with Gasteiger partial charge in [-0.2, -0.15) is 0 Å². The summed E-state index contributed by atoms with van der Waals surface area (Å²) in [5, 5.41) is 0. The molecule has 1 aromatic carbocycles. The van der Waals surface area contributed by atoms with Crippen LogP contribution in [-0.2, 0) is 9.53 Å². The maximum Gasteiger partial charge on any atom is 0.339 e. The lowest BCUT2D eigenvalue weighted by Crippen LogP contribution is -2.03. The van der Waals surface area contributed by atoms with E-state index in [9.17, 15) is 9.59 Å². The molecule has 1 aliphatic rings. The van der Waals surface area contributed by atoms with Crippen molar-refractivity contribution in [2.75, 3.05) is 0 Å². The summed E-state index contributed by atoms with van der Waals surface area (Å²) in [4.78, 5) is 22.2. The van der Waals surface area contributed by atoms with Gasteiger partial charge in [0.2, 0.25) is 0 Å². The number of carbonyl (C=O) groups is 2. The molecule has 0 unspecified atom stereocenters. The average Bonchev–Trinajstić information content (AvgIpc) is 2.44. The Morgan fingerprint density at radius 3 is 2.86 bits per heavy atom. The Hall–Kier alpha value is -1.64. The Bertz CT molecular complexity index is 393. The van der Waals surface area contributed by atoms with Gasteiger partial charge in [0, 0.05) is 12.0 Å². The topological polar surface area (TPSA) is 43.4 Å². The van der Waals surface area contributed by atoms with Gasteiger partial charge in [0.25, 0.3) is 0 Å². The van der Waals surface area contributed by atoms with E-state index < -0.39 is 0 Å². The van der Waals surface area contributed by atoms with Crippen molar-refractivity contribution in [3.05, 3.63) is 35.4 Å². The molecule has 1 aromatic rings. The number of carbonyl (C=O) groups excluding carboxylic acids is 2. The highest BCUT2D eigenvalue weighted by Gasteiger charge is 2.30. The van der Waals surface area contributed by atoms with Crippen molar-refractivity contribution in [3.63, 3.8) is 0 Å². The van der Waals surface area contributed by atoms with Crippen LogP contribution in [0.4, 0.5) is 0 Å². The van der Waals surface area contributed by atoms with E-state index in [1.165, 1.54) is 6.92 Å². The summed E-state index contributed by atoms with van der Waals surface area (Å²) in [5.74, 6) is -0.300. The molecule has 0 N–H and O–H groups in total. The molecular weight excluding hydrogens is 180 g/mol. The van der Waals surface area contributed by atoms with Crippen LogP contribution in [0.25, 0.3) is 0 Å². The molecule has 1 aliphatic heterocycles. The standard InChI is InChI=1S/C11H10O3/c1-7(12)6-10-8-4-2-3-5-9(8)11(13)14-10/h2-5,10H,6H2,1H3/t10-/m0/s1. The first kappa shape index (κ1) is 8.94. The van der Waals surface area contributed by atoms with E-state index >= 15 is 0 Å². The molecule has 0 saturated carbocycles. The molecule has 0 amide bonds. The van der Waals surface area contributed by atoms with Crippen molar-refractivity contribution in [2.24, 2.45) is 0 Å². The Balaban J connectivity index is 2.34. The number of hydrogen-bond acceptors (Lipinski definition) is 3. The molecule has 0 fully saturated rings. The Morgan fingerprint density at radius 2 is 2.14 bits per heavy atom. The third-order valence-corrected chi connectivity index (χ3v) is 2.25. The Morgan fingerprint density at radius 1 is 1.43 bits per heavy atom. The first-order chi connectivity index (χ1) is 6.68. The molecule has 0 radical (unpaired) electrons. The normalized spacial score (nSPS) is 18.9. The van der Waals surface area contributed by atoms with Crippen LogP contribution in [0.2, 0.25) is 0 Å². The highest BCUT2D eigenvalue weighted by atomic mass is 16.5. The molecule has 1 atom stereocenters. The third kappa shape index (κ3) is 1.41. The summed E-state index contributed by atoms with van der Waals surface area (Å²) in [7, 11) is 0. The SMILES string of the molecule is CC(=O)C[C@@H]1OC(=O)c2ccccc21. The van der Waals surface area contributed by atoms with Crippen LogP contribution in [-0.4, -0.2) is 11.8 Å². The van der Waals surface area contributed by atoms with Crippen LogP contribution in [0.1, 0.15) is 35.4 Å². The maximum absolute atomic E-state index is 11.3. The van der Waals surface area contributed by atoms with Gasteiger partial charge in [0.05, 0.1) is 5.56 Å². The molecule has 3 heteroatoms. The van der Waals surface area contributed by atoms with E-state index in [1.54, 1.807) is 12.1 Å². The van der Waals surface area contributed by atoms with E-state index in [4.69, 9.17) is 4.74 Å². The number of ether oxygens (including phenoxy) is 1. The number of Topliss-reactive ketones (excluding diaryl/α,β-unsaturated/α-hetero) is 1. The molecule has 0 saturated heterocycles. The van der Waals surface area contributed by atoms with Crippen LogP contribution < -0.4 is 0 Å². The molecule has 0 bridgehead atoms. The van der Waals surface area contributed by atoms with Gasteiger partial charge in [0.1, 0.15) is 11.9 Å². The van der Waals surface area contributed by atoms with Crippen molar-refractivity contribution in [1.82, 2.24) is 0 Å². The molecule has 2 rings (SSSR count). The fraction of sp³-hybridized carbons (Fsp3) is 0.273. The van der Waals surface area contributed by atoms with Crippen LogP contribution in [0.3, 0.4) is 0 Å². The molecule has 3 nitrogen and oxygen atoms in total. The number of ketones is 1. The molecule has 0 aromatic heterocycles. The number of hydrogen-bond donors (Lipinski definition) is 0. The monoisotopic (exact) mass is 190 g/mol. The van der Waals surface area contributed by atoms with Crippen molar-refractivity contribution >= 4 is 11.8 Å². The lowest BCUT2D eigenvalue weighted by Gasteiger charge is -2.07. The third-order valence-electron chi connectivity index (χ3n) is 2.25. The van der Waals surface area contributed by atoms with Crippen LogP contribution in [0.15, 0.2) is 24.3 Å². The fourth-order valence-electron chi connectivity index (χ4n) is 1.63. The van der Waals surface area contributed by atoms with E-state index in [0.29, 0.717) is 5.56 Å². The van der Waals surface area contributed by atoms with E-state index in [-0.39, 0.29) is 24.3 Å². The van der Waals surface area contributed by atoms with Gasteiger partial charge in [-0.3, -0.25) is 4.79 Å². The van der Waals surface area contributed by atoms with Gasteiger partial charge in [-0.1, -0.05) is 18.2 Å². The molecule has 0 spiro atoms. The van der Waals surface area contributed by atoms with Crippen LogP contribution in [0, 0.1) is 0 Å². The van der Waals surface area contributed by atoms with Crippen molar-refractivity contribution in [2.45, 2.75) is 19.4 Å². The lowest BCUT2D eigenvalue weighted by atomic mass is 10.0. The summed E-state index contributed by atoms with van der Waals surface area (Å²) < 4.78 is 5.08. The number of esters is 1. The van der Waals surface area contributed by atoms with Gasteiger partial charge in [-0.05, 0) is 13.0 Å². The Labute approximate surface area is 81.7 Å². The summed E-state index contributed by atoms with van der Waals surface area (Å²) in [6, 6.07) is 7.18. The second kappa shape index (κ2) is 3.25. The zero-order valence-electron chi connectivity index (χ0n) is 7.82. The Kier molecular flexibility index (Phi) is 2.08. The van der Waals surface area contributed by atoms with Crippen molar-refractivity contribution in [3.8, 4) is 0 Å². The number of fused-ring (bicyclic) bond motifs is 1. The van der Waals surface area contributed by atoms with Gasteiger partial charge in [0.15, 0.2) is 0 Å². The molecule has 14 heavy (non-hydrogen) atoms. The minimum Gasteiger partial charge on any atom is -0.453 e. The van der Waals surface area contributed by atoms with Crippen LogP contribution >= 0.6 is 0 Å². The maximum atomic E-state index is 11.3. The summed E-state index contributed by atoms with van der Waals surface area (Å²) in [5.41, 5.74) is 1.41. The average molecular weight is 190 g/mol. The first-order valence-corrected chi connectivity index (χ1v) is 4.48. The predicted octanol–water partition coefficient (Wildman–Crippen LogP) is 1.88. The predicted molar refractivity (Wildman–Crippen MR) is 49.9 cm³/mol. The van der Waals surface area contributed by atoms with Gasteiger partial charge in [-0.25, -0.2) is 4.79 Å². The quantitative estimate of drug-likeness (QED) is 0.669. The minimum atomic E-state index is -0.379. The van der Waals surface area contributed by atoms with Gasteiger partial charge < -0.3 is 4.74 Å². The smallest absolute Gasteiger partial charge is 0.339 e. The molecule has 1 heterocycles. The highest BCUT2D eigenvalue weighted by Crippen LogP contribution is 2.32. The van der Waals surface area contributed by atoms with Crippen molar-refractivity contribution < 1.29 is 14.3 Å². The second-order valence-electron chi connectivity index (χ2n) is 3.39. The molecule has 72 valence electrons. The first-order valence-electron chi connectivity index (χ1n) is 4.48. The van der Waals surface area contributed by atoms with Gasteiger partial charge >= 0.3 is 5.97 Å². The number of rotatable bonds is 2. The summed E-state index contributed by atoms with van der Waals surface area (Å²) in [6.45, 7) is 1.49. The highest BCUT2D eigenvalue weighted by molar-refractivity contribution is 5.94. The second-order valence-corrected chi connectivity index (χ2v) is 3.39. The van der Waals surface area contributed by atoms with Gasteiger partial charge in [-0.15, -0.1) is 0 Å². The lowest BCUT2D eigenvalue weighted by molar-refractivity contribution is -0.118. The molecule has 0 aliphatic carbocycles.